The lowest BCUT2D eigenvalue weighted by atomic mass is 10.3. The van der Waals surface area contributed by atoms with Gasteiger partial charge < -0.3 is 14.6 Å². The standard InChI is InChI=1S/C12H22N4O2/c1-14(2)8-9-16(10-12(17)18)6-4-11-13-5-7-15(11)3/h5,7H,4,6,8-10H2,1-3H3,(H,17,18). The van der Waals surface area contributed by atoms with Crippen LogP contribution in [-0.4, -0.2) is 70.7 Å². The summed E-state index contributed by atoms with van der Waals surface area (Å²) in [6.45, 7) is 2.40. The first kappa shape index (κ1) is 14.7. The van der Waals surface area contributed by atoms with Crippen LogP contribution in [0, 0.1) is 0 Å². The first-order valence-corrected chi connectivity index (χ1v) is 6.04. The van der Waals surface area contributed by atoms with Crippen LogP contribution in [-0.2, 0) is 18.3 Å². The lowest BCUT2D eigenvalue weighted by Crippen LogP contribution is -2.37. The Morgan fingerprint density at radius 1 is 1.39 bits per heavy atom. The second-order valence-corrected chi connectivity index (χ2v) is 4.68. The molecule has 0 radical (unpaired) electrons. The molecule has 1 N–H and O–H groups in total. The Morgan fingerprint density at radius 3 is 2.61 bits per heavy atom. The molecule has 1 aromatic heterocycles. The summed E-state index contributed by atoms with van der Waals surface area (Å²) in [5.41, 5.74) is 0. The van der Waals surface area contributed by atoms with Crippen LogP contribution in [0.5, 0.6) is 0 Å². The monoisotopic (exact) mass is 254 g/mol. The van der Waals surface area contributed by atoms with Crippen LogP contribution >= 0.6 is 0 Å². The number of likely N-dealkylation sites (N-methyl/N-ethyl adjacent to an activating group) is 1. The van der Waals surface area contributed by atoms with Gasteiger partial charge in [0.15, 0.2) is 0 Å². The lowest BCUT2D eigenvalue weighted by Gasteiger charge is -2.22. The molecule has 6 heteroatoms. The van der Waals surface area contributed by atoms with Crippen molar-refractivity contribution in [3.05, 3.63) is 18.2 Å². The number of carboxylic acids is 1. The summed E-state index contributed by atoms with van der Waals surface area (Å²) >= 11 is 0. The zero-order valence-corrected chi connectivity index (χ0v) is 11.3. The smallest absolute Gasteiger partial charge is 0.317 e. The van der Waals surface area contributed by atoms with Crippen LogP contribution in [0.15, 0.2) is 12.4 Å². The van der Waals surface area contributed by atoms with Crippen molar-refractivity contribution in [1.29, 1.82) is 0 Å². The number of imidazole rings is 1. The largest absolute Gasteiger partial charge is 0.480 e. The van der Waals surface area contributed by atoms with E-state index in [1.807, 2.05) is 36.8 Å². The molecule has 0 bridgehead atoms. The third kappa shape index (κ3) is 5.29. The number of aromatic nitrogens is 2. The van der Waals surface area contributed by atoms with Gasteiger partial charge in [-0.25, -0.2) is 4.98 Å². The predicted molar refractivity (Wildman–Crippen MR) is 69.5 cm³/mol. The van der Waals surface area contributed by atoms with E-state index in [-0.39, 0.29) is 6.54 Å². The molecule has 0 aromatic carbocycles. The van der Waals surface area contributed by atoms with Crippen molar-refractivity contribution in [3.8, 4) is 0 Å². The molecule has 0 aliphatic rings. The van der Waals surface area contributed by atoms with Crippen molar-refractivity contribution in [2.75, 3.05) is 40.3 Å². The maximum absolute atomic E-state index is 10.8. The highest BCUT2D eigenvalue weighted by Gasteiger charge is 2.11. The van der Waals surface area contributed by atoms with Crippen LogP contribution in [0.4, 0.5) is 0 Å². The molecule has 1 rings (SSSR count). The van der Waals surface area contributed by atoms with Crippen LogP contribution in [0.1, 0.15) is 5.82 Å². The lowest BCUT2D eigenvalue weighted by molar-refractivity contribution is -0.138. The zero-order valence-electron chi connectivity index (χ0n) is 11.3. The summed E-state index contributed by atoms with van der Waals surface area (Å²) in [7, 11) is 5.92. The van der Waals surface area contributed by atoms with Gasteiger partial charge in [0.1, 0.15) is 5.82 Å². The topological polar surface area (TPSA) is 61.6 Å². The minimum absolute atomic E-state index is 0.0816. The molecule has 0 saturated heterocycles. The van der Waals surface area contributed by atoms with Crippen LogP contribution in [0.3, 0.4) is 0 Å². The molecular weight excluding hydrogens is 232 g/mol. The number of hydrogen-bond donors (Lipinski definition) is 1. The van der Waals surface area contributed by atoms with Crippen molar-refractivity contribution in [2.24, 2.45) is 7.05 Å². The highest BCUT2D eigenvalue weighted by atomic mass is 16.4. The quantitative estimate of drug-likeness (QED) is 0.702. The molecule has 1 heterocycles. The van der Waals surface area contributed by atoms with Crippen LogP contribution in [0.2, 0.25) is 0 Å². The fourth-order valence-electron chi connectivity index (χ4n) is 1.70. The fraction of sp³-hybridized carbons (Fsp3) is 0.667. The van der Waals surface area contributed by atoms with Gasteiger partial charge in [-0.3, -0.25) is 9.69 Å². The van der Waals surface area contributed by atoms with Gasteiger partial charge in [0.2, 0.25) is 0 Å². The number of aliphatic carboxylic acids is 1. The van der Waals surface area contributed by atoms with E-state index < -0.39 is 5.97 Å². The van der Waals surface area contributed by atoms with E-state index in [0.29, 0.717) is 6.54 Å². The molecule has 0 aliphatic carbocycles. The van der Waals surface area contributed by atoms with E-state index in [0.717, 1.165) is 25.3 Å². The van der Waals surface area contributed by atoms with Crippen molar-refractivity contribution in [2.45, 2.75) is 6.42 Å². The number of aryl methyl sites for hydroxylation is 1. The Morgan fingerprint density at radius 2 is 2.11 bits per heavy atom. The van der Waals surface area contributed by atoms with Gasteiger partial charge in [0.25, 0.3) is 0 Å². The Balaban J connectivity index is 2.45. The van der Waals surface area contributed by atoms with Gasteiger partial charge in [-0.2, -0.15) is 0 Å². The molecular formula is C12H22N4O2. The van der Waals surface area contributed by atoms with E-state index in [1.54, 1.807) is 6.20 Å². The molecule has 6 nitrogen and oxygen atoms in total. The Bertz CT molecular complexity index is 376. The van der Waals surface area contributed by atoms with Gasteiger partial charge in [-0.1, -0.05) is 0 Å². The van der Waals surface area contributed by atoms with E-state index in [2.05, 4.69) is 9.88 Å². The highest BCUT2D eigenvalue weighted by molar-refractivity contribution is 5.69. The molecule has 1 aromatic rings. The third-order valence-corrected chi connectivity index (χ3v) is 2.79. The summed E-state index contributed by atoms with van der Waals surface area (Å²) in [6, 6.07) is 0. The van der Waals surface area contributed by atoms with E-state index >= 15 is 0 Å². The SMILES string of the molecule is CN(C)CCN(CCc1nccn1C)CC(=O)O. The first-order valence-electron chi connectivity index (χ1n) is 6.04. The third-order valence-electron chi connectivity index (χ3n) is 2.79. The van der Waals surface area contributed by atoms with E-state index in [4.69, 9.17) is 5.11 Å². The molecule has 102 valence electrons. The van der Waals surface area contributed by atoms with Crippen molar-refractivity contribution >= 4 is 5.97 Å². The minimum atomic E-state index is -0.784. The van der Waals surface area contributed by atoms with Gasteiger partial charge in [-0.05, 0) is 14.1 Å². The first-order chi connectivity index (χ1) is 8.49. The molecule has 0 saturated carbocycles. The van der Waals surface area contributed by atoms with Crippen molar-refractivity contribution in [1.82, 2.24) is 19.4 Å². The van der Waals surface area contributed by atoms with E-state index in [1.165, 1.54) is 0 Å². The molecule has 18 heavy (non-hydrogen) atoms. The van der Waals surface area contributed by atoms with Crippen molar-refractivity contribution in [3.63, 3.8) is 0 Å². The maximum Gasteiger partial charge on any atom is 0.317 e. The van der Waals surface area contributed by atoms with Gasteiger partial charge in [0.05, 0.1) is 6.54 Å². The van der Waals surface area contributed by atoms with Crippen molar-refractivity contribution < 1.29 is 9.90 Å². The number of carboxylic acid groups (broad SMARTS) is 1. The maximum atomic E-state index is 10.8. The zero-order chi connectivity index (χ0) is 13.5. The summed E-state index contributed by atoms with van der Waals surface area (Å²) in [5, 5.41) is 8.88. The summed E-state index contributed by atoms with van der Waals surface area (Å²) in [6.07, 6.45) is 4.43. The summed E-state index contributed by atoms with van der Waals surface area (Å²) < 4.78 is 1.96. The van der Waals surface area contributed by atoms with Gasteiger partial charge in [0, 0.05) is 45.5 Å². The van der Waals surface area contributed by atoms with Crippen LogP contribution < -0.4 is 0 Å². The molecule has 0 fully saturated rings. The number of nitrogens with zero attached hydrogens (tertiary/aromatic N) is 4. The molecule has 0 unspecified atom stereocenters. The predicted octanol–water partition coefficient (Wildman–Crippen LogP) is -0.0892. The molecule has 0 amide bonds. The van der Waals surface area contributed by atoms with Gasteiger partial charge >= 0.3 is 5.97 Å². The molecule has 0 spiro atoms. The Kier molecular flexibility index (Phi) is 5.80. The number of rotatable bonds is 8. The van der Waals surface area contributed by atoms with Gasteiger partial charge in [-0.15, -0.1) is 0 Å². The van der Waals surface area contributed by atoms with Crippen LogP contribution in [0.25, 0.3) is 0 Å². The highest BCUT2D eigenvalue weighted by Crippen LogP contribution is 1.99. The normalized spacial score (nSPS) is 11.4. The average molecular weight is 254 g/mol. The number of hydrogen-bond acceptors (Lipinski definition) is 4. The second-order valence-electron chi connectivity index (χ2n) is 4.68. The average Bonchev–Trinajstić information content (AvgIpc) is 2.67. The number of carbonyl (C=O) groups is 1. The molecule has 0 atom stereocenters. The second kappa shape index (κ2) is 7.13. The minimum Gasteiger partial charge on any atom is -0.480 e. The summed E-state index contributed by atoms with van der Waals surface area (Å²) in [4.78, 5) is 19.0. The Hall–Kier alpha value is -1.40. The summed E-state index contributed by atoms with van der Waals surface area (Å²) in [5.74, 6) is 0.198. The fourth-order valence-corrected chi connectivity index (χ4v) is 1.70. The molecule has 0 aliphatic heterocycles. The Labute approximate surface area is 108 Å². The van der Waals surface area contributed by atoms with E-state index in [9.17, 15) is 4.79 Å².